The average molecular weight is 325 g/mol. The maximum Gasteiger partial charge on any atom is 0.160 e. The smallest absolute Gasteiger partial charge is 0.160 e. The van der Waals surface area contributed by atoms with E-state index in [4.69, 9.17) is 0 Å². The molecule has 0 N–H and O–H groups in total. The Hall–Kier alpha value is -1.13. The van der Waals surface area contributed by atoms with E-state index in [0.29, 0.717) is 5.56 Å². The number of hydrogen-bond acceptors (Lipinski definition) is 2. The second-order valence-corrected chi connectivity index (χ2v) is 5.79. The van der Waals surface area contributed by atoms with Crippen molar-refractivity contribution in [2.45, 2.75) is 16.7 Å². The third-order valence-electron chi connectivity index (χ3n) is 2.35. The van der Waals surface area contributed by atoms with Gasteiger partial charge in [0, 0.05) is 19.8 Å². The first-order valence-electron chi connectivity index (χ1n) is 5.30. The second kappa shape index (κ2) is 5.67. The van der Waals surface area contributed by atoms with Gasteiger partial charge in [0.25, 0.3) is 0 Å². The van der Waals surface area contributed by atoms with Gasteiger partial charge in [0.1, 0.15) is 5.82 Å². The first kappa shape index (κ1) is 13.3. The van der Waals surface area contributed by atoms with Crippen molar-refractivity contribution < 1.29 is 9.18 Å². The topological polar surface area (TPSA) is 17.1 Å². The van der Waals surface area contributed by atoms with Crippen LogP contribution in [0.25, 0.3) is 0 Å². The van der Waals surface area contributed by atoms with E-state index >= 15 is 0 Å². The molecule has 2 rings (SSSR count). The van der Waals surface area contributed by atoms with Crippen LogP contribution in [0.2, 0.25) is 0 Å². The highest BCUT2D eigenvalue weighted by atomic mass is 79.9. The van der Waals surface area contributed by atoms with Crippen LogP contribution < -0.4 is 0 Å². The Bertz CT molecular complexity index is 598. The van der Waals surface area contributed by atoms with Crippen molar-refractivity contribution in [3.63, 3.8) is 0 Å². The summed E-state index contributed by atoms with van der Waals surface area (Å²) in [6, 6.07) is 11.8. The van der Waals surface area contributed by atoms with Gasteiger partial charge >= 0.3 is 0 Å². The molecule has 2 aromatic rings. The summed E-state index contributed by atoms with van der Waals surface area (Å²) in [5.41, 5.74) is 0.646. The van der Waals surface area contributed by atoms with Gasteiger partial charge in [-0.05, 0) is 43.3 Å². The van der Waals surface area contributed by atoms with E-state index in [0.717, 1.165) is 14.3 Å². The molecule has 0 aliphatic rings. The van der Waals surface area contributed by atoms with Gasteiger partial charge in [-0.2, -0.15) is 0 Å². The molecular formula is C14H10BrFOS. The maximum absolute atomic E-state index is 13.1. The van der Waals surface area contributed by atoms with Crippen molar-refractivity contribution in [3.8, 4) is 0 Å². The number of halogens is 2. The number of ketones is 1. The molecule has 2 aromatic carbocycles. The van der Waals surface area contributed by atoms with Crippen LogP contribution in [-0.4, -0.2) is 5.78 Å². The molecule has 0 bridgehead atoms. The molecule has 18 heavy (non-hydrogen) atoms. The van der Waals surface area contributed by atoms with Crippen LogP contribution in [0.5, 0.6) is 0 Å². The van der Waals surface area contributed by atoms with Crippen LogP contribution in [-0.2, 0) is 0 Å². The third-order valence-corrected chi connectivity index (χ3v) is 3.89. The van der Waals surface area contributed by atoms with E-state index in [1.54, 1.807) is 12.1 Å². The normalized spacial score (nSPS) is 10.4. The molecule has 0 fully saturated rings. The lowest BCUT2D eigenvalue weighted by molar-refractivity contribution is 0.101. The monoisotopic (exact) mass is 324 g/mol. The molecule has 1 nitrogen and oxygen atoms in total. The van der Waals surface area contributed by atoms with Crippen LogP contribution in [0.4, 0.5) is 4.39 Å². The Labute approximate surface area is 118 Å². The summed E-state index contributed by atoms with van der Waals surface area (Å²) in [6.45, 7) is 1.53. The summed E-state index contributed by atoms with van der Waals surface area (Å²) in [7, 11) is 0. The lowest BCUT2D eigenvalue weighted by atomic mass is 10.1. The Morgan fingerprint density at radius 1 is 1.22 bits per heavy atom. The average Bonchev–Trinajstić information content (AvgIpc) is 2.28. The van der Waals surface area contributed by atoms with E-state index < -0.39 is 0 Å². The van der Waals surface area contributed by atoms with Crippen LogP contribution in [0.3, 0.4) is 0 Å². The molecular weight excluding hydrogens is 315 g/mol. The molecule has 0 spiro atoms. The van der Waals surface area contributed by atoms with Crippen LogP contribution in [0.1, 0.15) is 17.3 Å². The number of hydrogen-bond donors (Lipinski definition) is 0. The minimum absolute atomic E-state index is 0.00130. The van der Waals surface area contributed by atoms with Crippen molar-refractivity contribution in [1.82, 2.24) is 0 Å². The SMILES string of the molecule is CC(=O)c1ccc(Br)cc1Sc1cccc(F)c1. The third kappa shape index (κ3) is 3.21. The predicted octanol–water partition coefficient (Wildman–Crippen LogP) is 4.94. The minimum atomic E-state index is -0.278. The van der Waals surface area contributed by atoms with Crippen LogP contribution >= 0.6 is 27.7 Å². The van der Waals surface area contributed by atoms with E-state index in [1.165, 1.54) is 30.8 Å². The molecule has 0 saturated heterocycles. The molecule has 0 atom stereocenters. The number of benzene rings is 2. The summed E-state index contributed by atoms with van der Waals surface area (Å²) < 4.78 is 14.0. The zero-order chi connectivity index (χ0) is 13.1. The van der Waals surface area contributed by atoms with Crippen molar-refractivity contribution in [3.05, 3.63) is 58.3 Å². The summed E-state index contributed by atoms with van der Waals surface area (Å²) in [6.07, 6.45) is 0. The fourth-order valence-corrected chi connectivity index (χ4v) is 3.12. The van der Waals surface area contributed by atoms with Crippen molar-refractivity contribution >= 4 is 33.5 Å². The van der Waals surface area contributed by atoms with Gasteiger partial charge in [0.2, 0.25) is 0 Å². The number of carbonyl (C=O) groups excluding carboxylic acids is 1. The summed E-state index contributed by atoms with van der Waals surface area (Å²) in [4.78, 5) is 13.1. The lowest BCUT2D eigenvalue weighted by Gasteiger charge is -2.07. The largest absolute Gasteiger partial charge is 0.294 e. The zero-order valence-corrected chi connectivity index (χ0v) is 12.0. The van der Waals surface area contributed by atoms with E-state index in [-0.39, 0.29) is 11.6 Å². The molecule has 0 radical (unpaired) electrons. The van der Waals surface area contributed by atoms with E-state index in [9.17, 15) is 9.18 Å². The van der Waals surface area contributed by atoms with Gasteiger partial charge < -0.3 is 0 Å². The maximum atomic E-state index is 13.1. The molecule has 0 amide bonds. The van der Waals surface area contributed by atoms with E-state index in [1.807, 2.05) is 18.2 Å². The Morgan fingerprint density at radius 3 is 2.67 bits per heavy atom. The van der Waals surface area contributed by atoms with Gasteiger partial charge in [0.05, 0.1) is 0 Å². The van der Waals surface area contributed by atoms with Crippen molar-refractivity contribution in [2.75, 3.05) is 0 Å². The standard InChI is InChI=1S/C14H10BrFOS/c1-9(17)13-6-5-10(15)7-14(13)18-12-4-2-3-11(16)8-12/h2-8H,1H3. The van der Waals surface area contributed by atoms with Gasteiger partial charge in [-0.15, -0.1) is 0 Å². The Balaban J connectivity index is 2.39. The zero-order valence-electron chi connectivity index (χ0n) is 9.61. The van der Waals surface area contributed by atoms with E-state index in [2.05, 4.69) is 15.9 Å². The molecule has 0 aliphatic heterocycles. The fourth-order valence-electron chi connectivity index (χ4n) is 1.53. The fraction of sp³-hybridized carbons (Fsp3) is 0.0714. The second-order valence-electron chi connectivity index (χ2n) is 3.76. The highest BCUT2D eigenvalue weighted by Gasteiger charge is 2.09. The summed E-state index contributed by atoms with van der Waals surface area (Å²) >= 11 is 4.75. The van der Waals surface area contributed by atoms with Gasteiger partial charge in [-0.3, -0.25) is 4.79 Å². The highest BCUT2D eigenvalue weighted by molar-refractivity contribution is 9.10. The van der Waals surface area contributed by atoms with Crippen LogP contribution in [0.15, 0.2) is 56.7 Å². The molecule has 0 unspecified atom stereocenters. The molecule has 0 saturated carbocycles. The number of rotatable bonds is 3. The summed E-state index contributed by atoms with van der Waals surface area (Å²) in [5.74, 6) is -0.277. The van der Waals surface area contributed by atoms with Gasteiger partial charge in [-0.25, -0.2) is 4.39 Å². The van der Waals surface area contributed by atoms with Gasteiger partial charge in [0.15, 0.2) is 5.78 Å². The highest BCUT2D eigenvalue weighted by Crippen LogP contribution is 2.33. The molecule has 0 aromatic heterocycles. The van der Waals surface area contributed by atoms with Crippen LogP contribution in [0, 0.1) is 5.82 Å². The number of Topliss-reactive ketones (excluding diaryl/α,β-unsaturated/α-hetero) is 1. The molecule has 4 heteroatoms. The molecule has 92 valence electrons. The summed E-state index contributed by atoms with van der Waals surface area (Å²) in [5, 5.41) is 0. The number of carbonyl (C=O) groups is 1. The first-order valence-corrected chi connectivity index (χ1v) is 6.91. The first-order chi connectivity index (χ1) is 8.56. The minimum Gasteiger partial charge on any atom is -0.294 e. The molecule has 0 aliphatic carbocycles. The quantitative estimate of drug-likeness (QED) is 0.744. The van der Waals surface area contributed by atoms with Crippen molar-refractivity contribution in [2.24, 2.45) is 0 Å². The molecule has 0 heterocycles. The lowest BCUT2D eigenvalue weighted by Crippen LogP contribution is -1.94. The predicted molar refractivity (Wildman–Crippen MR) is 74.7 cm³/mol. The Kier molecular flexibility index (Phi) is 4.19. The van der Waals surface area contributed by atoms with Gasteiger partial charge in [-0.1, -0.05) is 33.8 Å². The van der Waals surface area contributed by atoms with Crippen molar-refractivity contribution in [1.29, 1.82) is 0 Å². The Morgan fingerprint density at radius 2 is 2.00 bits per heavy atom.